The Bertz CT molecular complexity index is 926. The second-order valence-electron chi connectivity index (χ2n) is 4.51. The molecule has 0 fully saturated rings. The van der Waals surface area contributed by atoms with Gasteiger partial charge in [0, 0.05) is 11.5 Å². The highest BCUT2D eigenvalue weighted by atomic mass is 79.9. The molecule has 2 heterocycles. The number of aryl methyl sites for hydroxylation is 1. The molecule has 0 radical (unpaired) electrons. The highest BCUT2D eigenvalue weighted by Gasteiger charge is 2.20. The van der Waals surface area contributed by atoms with Crippen LogP contribution in [0.1, 0.15) is 17.4 Å². The summed E-state index contributed by atoms with van der Waals surface area (Å²) in [6, 6.07) is 5.44. The summed E-state index contributed by atoms with van der Waals surface area (Å²) >= 11 is 3.39. The van der Waals surface area contributed by atoms with Crippen molar-refractivity contribution in [3.8, 4) is 0 Å². The fourth-order valence-electron chi connectivity index (χ4n) is 2.37. The quantitative estimate of drug-likeness (QED) is 0.664. The number of carbonyl (C=O) groups is 1. The van der Waals surface area contributed by atoms with E-state index < -0.39 is 5.97 Å². The van der Waals surface area contributed by atoms with Gasteiger partial charge in [-0.3, -0.25) is 13.8 Å². The van der Waals surface area contributed by atoms with Crippen LogP contribution in [-0.2, 0) is 11.8 Å². The first-order valence-corrected chi connectivity index (χ1v) is 7.17. The minimum absolute atomic E-state index is 0.137. The largest absolute Gasteiger partial charge is 0.461 e. The number of rotatable bonds is 2. The molecule has 3 aromatic rings. The summed E-state index contributed by atoms with van der Waals surface area (Å²) in [4.78, 5) is 28.6. The maximum atomic E-state index is 12.5. The fourth-order valence-corrected chi connectivity index (χ4v) is 2.90. The van der Waals surface area contributed by atoms with Crippen molar-refractivity contribution in [2.45, 2.75) is 6.92 Å². The highest BCUT2D eigenvalue weighted by Crippen LogP contribution is 2.22. The number of imidazole rings is 1. The predicted molar refractivity (Wildman–Crippen MR) is 81.6 cm³/mol. The Morgan fingerprint density at radius 3 is 2.90 bits per heavy atom. The van der Waals surface area contributed by atoms with Crippen molar-refractivity contribution in [2.75, 3.05) is 6.61 Å². The number of halogens is 1. The van der Waals surface area contributed by atoms with Gasteiger partial charge < -0.3 is 4.74 Å². The summed E-state index contributed by atoms with van der Waals surface area (Å²) in [6.45, 7) is 1.98. The molecule has 7 heteroatoms. The molecule has 21 heavy (non-hydrogen) atoms. The monoisotopic (exact) mass is 349 g/mol. The summed E-state index contributed by atoms with van der Waals surface area (Å²) < 4.78 is 8.81. The van der Waals surface area contributed by atoms with Gasteiger partial charge in [0.15, 0.2) is 11.3 Å². The minimum atomic E-state index is -0.538. The van der Waals surface area contributed by atoms with E-state index in [-0.39, 0.29) is 17.9 Å². The molecule has 3 rings (SSSR count). The van der Waals surface area contributed by atoms with Crippen molar-refractivity contribution in [1.29, 1.82) is 0 Å². The number of aromatic nitrogens is 3. The molecule has 0 saturated carbocycles. The molecule has 0 N–H and O–H groups in total. The zero-order valence-electron chi connectivity index (χ0n) is 11.5. The second kappa shape index (κ2) is 5.00. The van der Waals surface area contributed by atoms with Crippen molar-refractivity contribution in [3.63, 3.8) is 0 Å². The van der Waals surface area contributed by atoms with Crippen LogP contribution in [0.3, 0.4) is 0 Å². The van der Waals surface area contributed by atoms with Gasteiger partial charge in [-0.15, -0.1) is 0 Å². The van der Waals surface area contributed by atoms with Crippen LogP contribution in [-0.4, -0.2) is 26.5 Å². The lowest BCUT2D eigenvalue weighted by Crippen LogP contribution is -2.21. The molecule has 0 aliphatic heterocycles. The van der Waals surface area contributed by atoms with E-state index in [2.05, 4.69) is 20.9 Å². The molecule has 108 valence electrons. The second-order valence-corrected chi connectivity index (χ2v) is 5.36. The lowest BCUT2D eigenvalue weighted by Gasteiger charge is -2.09. The highest BCUT2D eigenvalue weighted by molar-refractivity contribution is 9.10. The molecule has 0 unspecified atom stereocenters. The fraction of sp³-hybridized carbons (Fsp3) is 0.214. The Balaban J connectivity index is 2.48. The van der Waals surface area contributed by atoms with Crippen LogP contribution in [0.5, 0.6) is 0 Å². The number of carbonyl (C=O) groups excluding carboxylic acids is 1. The Hall–Kier alpha value is -2.15. The van der Waals surface area contributed by atoms with Crippen molar-refractivity contribution in [1.82, 2.24) is 14.0 Å². The molecule has 0 saturated heterocycles. The first-order chi connectivity index (χ1) is 10.1. The third kappa shape index (κ3) is 1.96. The van der Waals surface area contributed by atoms with Crippen LogP contribution < -0.4 is 5.56 Å². The van der Waals surface area contributed by atoms with E-state index >= 15 is 0 Å². The number of nitrogens with zero attached hydrogens (tertiary/aromatic N) is 3. The smallest absolute Gasteiger partial charge is 0.360 e. The van der Waals surface area contributed by atoms with Gasteiger partial charge in [0.1, 0.15) is 6.33 Å². The Kier molecular flexibility index (Phi) is 3.29. The molecule has 0 amide bonds. The van der Waals surface area contributed by atoms with Crippen LogP contribution >= 0.6 is 15.9 Å². The maximum absolute atomic E-state index is 12.5. The van der Waals surface area contributed by atoms with E-state index in [4.69, 9.17) is 4.74 Å². The van der Waals surface area contributed by atoms with Gasteiger partial charge in [0.05, 0.1) is 17.5 Å². The topological polar surface area (TPSA) is 65.6 Å². The van der Waals surface area contributed by atoms with E-state index in [1.165, 1.54) is 10.9 Å². The standard InChI is InChI=1S/C14H12BrN3O3/c1-3-21-14(20)11-12-17(2)13(19)10-8(15)5-4-6-9(10)18(12)7-16-11/h4-7H,3H2,1-2H3. The van der Waals surface area contributed by atoms with E-state index in [0.29, 0.717) is 21.0 Å². The predicted octanol–water partition coefficient (Wildman–Crippen LogP) is 2.13. The lowest BCUT2D eigenvalue weighted by molar-refractivity contribution is 0.0522. The average molecular weight is 350 g/mol. The first kappa shape index (κ1) is 13.8. The Labute approximate surface area is 128 Å². The van der Waals surface area contributed by atoms with Crippen LogP contribution in [0.25, 0.3) is 16.6 Å². The van der Waals surface area contributed by atoms with Crippen molar-refractivity contribution in [2.24, 2.45) is 7.05 Å². The number of ether oxygens (including phenoxy) is 1. The van der Waals surface area contributed by atoms with Gasteiger partial charge >= 0.3 is 5.97 Å². The molecule has 2 aromatic heterocycles. The van der Waals surface area contributed by atoms with Gasteiger partial charge in [-0.05, 0) is 35.0 Å². The lowest BCUT2D eigenvalue weighted by atomic mass is 10.2. The van der Waals surface area contributed by atoms with Gasteiger partial charge in [0.2, 0.25) is 0 Å². The summed E-state index contributed by atoms with van der Waals surface area (Å²) in [5.74, 6) is -0.538. The van der Waals surface area contributed by atoms with Gasteiger partial charge in [-0.25, -0.2) is 9.78 Å². The zero-order valence-corrected chi connectivity index (χ0v) is 13.0. The molecule has 0 spiro atoms. The molecular formula is C14H12BrN3O3. The molecule has 0 aliphatic carbocycles. The zero-order chi connectivity index (χ0) is 15.1. The van der Waals surface area contributed by atoms with E-state index in [9.17, 15) is 9.59 Å². The normalized spacial score (nSPS) is 11.2. The number of fused-ring (bicyclic) bond motifs is 3. The maximum Gasteiger partial charge on any atom is 0.360 e. The third-order valence-corrected chi connectivity index (χ3v) is 3.96. The molecule has 1 aromatic carbocycles. The molecule has 0 bridgehead atoms. The Morgan fingerprint density at radius 2 is 2.19 bits per heavy atom. The van der Waals surface area contributed by atoms with Gasteiger partial charge in [-0.2, -0.15) is 0 Å². The average Bonchev–Trinajstić information content (AvgIpc) is 2.90. The van der Waals surface area contributed by atoms with Crippen LogP contribution in [0, 0.1) is 0 Å². The molecule has 0 atom stereocenters. The van der Waals surface area contributed by atoms with Crippen LogP contribution in [0.4, 0.5) is 0 Å². The van der Waals surface area contributed by atoms with Crippen LogP contribution in [0.2, 0.25) is 0 Å². The SMILES string of the molecule is CCOC(=O)c1ncn2c3cccc(Br)c3c(=O)n(C)c12. The van der Waals surface area contributed by atoms with E-state index in [1.807, 2.05) is 12.1 Å². The van der Waals surface area contributed by atoms with Crippen LogP contribution in [0.15, 0.2) is 33.8 Å². The number of benzene rings is 1. The molecular weight excluding hydrogens is 338 g/mol. The number of esters is 1. The third-order valence-electron chi connectivity index (χ3n) is 3.30. The minimum Gasteiger partial charge on any atom is -0.461 e. The summed E-state index contributed by atoms with van der Waals surface area (Å²) in [6.07, 6.45) is 1.52. The summed E-state index contributed by atoms with van der Waals surface area (Å²) in [5.41, 5.74) is 1.05. The summed E-state index contributed by atoms with van der Waals surface area (Å²) in [5, 5.41) is 0.542. The van der Waals surface area contributed by atoms with Gasteiger partial charge in [0.25, 0.3) is 5.56 Å². The number of hydrogen-bond donors (Lipinski definition) is 0. The van der Waals surface area contributed by atoms with E-state index in [1.54, 1.807) is 24.4 Å². The first-order valence-electron chi connectivity index (χ1n) is 6.37. The van der Waals surface area contributed by atoms with Gasteiger partial charge in [-0.1, -0.05) is 6.07 Å². The Morgan fingerprint density at radius 1 is 1.43 bits per heavy atom. The number of hydrogen-bond acceptors (Lipinski definition) is 4. The van der Waals surface area contributed by atoms with Crippen molar-refractivity contribution in [3.05, 3.63) is 45.0 Å². The molecule has 6 nitrogen and oxygen atoms in total. The van der Waals surface area contributed by atoms with Crippen molar-refractivity contribution >= 4 is 38.4 Å². The molecule has 0 aliphatic rings. The summed E-state index contributed by atoms with van der Waals surface area (Å²) in [7, 11) is 1.61. The van der Waals surface area contributed by atoms with Crippen molar-refractivity contribution < 1.29 is 9.53 Å². The van der Waals surface area contributed by atoms with E-state index in [0.717, 1.165) is 0 Å².